The Balaban J connectivity index is 2.04. The van der Waals surface area contributed by atoms with Crippen molar-refractivity contribution in [1.82, 2.24) is 15.3 Å². The second kappa shape index (κ2) is 9.77. The first kappa shape index (κ1) is 20.5. The second-order valence-electron chi connectivity index (χ2n) is 5.80. The van der Waals surface area contributed by atoms with Gasteiger partial charge in [0.05, 0.1) is 24.8 Å². The van der Waals surface area contributed by atoms with Crippen molar-refractivity contribution in [3.8, 4) is 0 Å². The molecule has 0 radical (unpaired) electrons. The smallest absolute Gasteiger partial charge is 0.308 e. The molecule has 1 amide bonds. The van der Waals surface area contributed by atoms with Crippen molar-refractivity contribution in [3.63, 3.8) is 0 Å². The van der Waals surface area contributed by atoms with Crippen LogP contribution in [0.1, 0.15) is 30.5 Å². The third-order valence-electron chi connectivity index (χ3n) is 3.57. The number of carbonyl (C=O) groups excluding carboxylic acids is 2. The molecule has 144 valence electrons. The lowest BCUT2D eigenvalue weighted by Gasteiger charge is -2.18. The van der Waals surface area contributed by atoms with Crippen LogP contribution >= 0.6 is 11.8 Å². The first-order chi connectivity index (χ1) is 12.9. The van der Waals surface area contributed by atoms with E-state index in [1.165, 1.54) is 0 Å². The number of aromatic amines is 1. The molecule has 0 spiro atoms. The van der Waals surface area contributed by atoms with Gasteiger partial charge in [0, 0.05) is 6.07 Å². The lowest BCUT2D eigenvalue weighted by atomic mass is 10.0. The number of hydrogen-bond acceptors (Lipinski definition) is 7. The molecule has 27 heavy (non-hydrogen) atoms. The summed E-state index contributed by atoms with van der Waals surface area (Å²) in [6.07, 6.45) is 0.0284. The van der Waals surface area contributed by atoms with E-state index in [-0.39, 0.29) is 41.2 Å². The largest absolute Gasteiger partial charge is 0.466 e. The third-order valence-corrected chi connectivity index (χ3v) is 4.44. The van der Waals surface area contributed by atoms with Gasteiger partial charge in [0.15, 0.2) is 5.16 Å². The topological polar surface area (TPSA) is 127 Å². The van der Waals surface area contributed by atoms with Crippen LogP contribution in [0, 0.1) is 6.92 Å². The molecule has 0 saturated carbocycles. The summed E-state index contributed by atoms with van der Waals surface area (Å²) >= 11 is 1.05. The number of thioether (sulfide) groups is 1. The van der Waals surface area contributed by atoms with Crippen molar-refractivity contribution in [2.45, 2.75) is 31.5 Å². The summed E-state index contributed by atoms with van der Waals surface area (Å²) in [5, 5.41) is 3.09. The molecule has 2 rings (SSSR count). The predicted octanol–water partition coefficient (Wildman–Crippen LogP) is 1.56. The highest BCUT2D eigenvalue weighted by Crippen LogP contribution is 2.19. The fourth-order valence-electron chi connectivity index (χ4n) is 2.33. The van der Waals surface area contributed by atoms with Crippen LogP contribution in [0.5, 0.6) is 0 Å². The molecule has 1 aromatic carbocycles. The van der Waals surface area contributed by atoms with Crippen LogP contribution in [0.4, 0.5) is 5.82 Å². The van der Waals surface area contributed by atoms with Crippen molar-refractivity contribution in [1.29, 1.82) is 0 Å². The lowest BCUT2D eigenvalue weighted by Crippen LogP contribution is -2.32. The lowest BCUT2D eigenvalue weighted by molar-refractivity contribution is -0.143. The number of nitrogens with zero attached hydrogens (tertiary/aromatic N) is 1. The number of aromatic nitrogens is 2. The Labute approximate surface area is 160 Å². The molecule has 0 bridgehead atoms. The molecule has 0 saturated heterocycles. The van der Waals surface area contributed by atoms with Gasteiger partial charge in [-0.05, 0) is 19.4 Å². The summed E-state index contributed by atoms with van der Waals surface area (Å²) in [4.78, 5) is 42.1. The highest BCUT2D eigenvalue weighted by atomic mass is 32.2. The first-order valence-corrected chi connectivity index (χ1v) is 9.37. The molecule has 0 fully saturated rings. The van der Waals surface area contributed by atoms with Crippen molar-refractivity contribution < 1.29 is 14.3 Å². The van der Waals surface area contributed by atoms with Crippen molar-refractivity contribution in [3.05, 3.63) is 51.8 Å². The maximum Gasteiger partial charge on any atom is 0.308 e. The van der Waals surface area contributed by atoms with Gasteiger partial charge < -0.3 is 20.8 Å². The maximum absolute atomic E-state index is 12.3. The van der Waals surface area contributed by atoms with E-state index in [0.29, 0.717) is 0 Å². The number of rotatable bonds is 8. The number of benzene rings is 1. The molecule has 9 heteroatoms. The number of esters is 1. The Morgan fingerprint density at radius 1 is 1.33 bits per heavy atom. The van der Waals surface area contributed by atoms with E-state index in [1.807, 2.05) is 31.2 Å². The molecule has 1 heterocycles. The summed E-state index contributed by atoms with van der Waals surface area (Å²) in [5.74, 6) is -0.600. The Morgan fingerprint density at radius 2 is 2.04 bits per heavy atom. The van der Waals surface area contributed by atoms with Crippen LogP contribution in [0.2, 0.25) is 0 Å². The maximum atomic E-state index is 12.3. The Hall–Kier alpha value is -2.81. The van der Waals surface area contributed by atoms with Crippen molar-refractivity contribution in [2.24, 2.45) is 0 Å². The number of ether oxygens (including phenoxy) is 1. The van der Waals surface area contributed by atoms with Gasteiger partial charge >= 0.3 is 5.97 Å². The number of carbonyl (C=O) groups is 2. The van der Waals surface area contributed by atoms with Gasteiger partial charge in [-0.2, -0.15) is 0 Å². The van der Waals surface area contributed by atoms with Gasteiger partial charge in [0.2, 0.25) is 5.91 Å². The number of nitrogens with one attached hydrogen (secondary N) is 2. The molecule has 2 aromatic rings. The van der Waals surface area contributed by atoms with Crippen LogP contribution in [-0.4, -0.2) is 34.2 Å². The summed E-state index contributed by atoms with van der Waals surface area (Å²) in [5.41, 5.74) is 7.02. The van der Waals surface area contributed by atoms with E-state index in [1.54, 1.807) is 6.92 Å². The minimum absolute atomic E-state index is 0.0115. The molecular weight excluding hydrogens is 368 g/mol. The summed E-state index contributed by atoms with van der Waals surface area (Å²) in [6.45, 7) is 3.96. The average Bonchev–Trinajstić information content (AvgIpc) is 2.59. The third kappa shape index (κ3) is 6.78. The molecule has 1 atom stereocenters. The van der Waals surface area contributed by atoms with Crippen LogP contribution in [0.25, 0.3) is 0 Å². The molecule has 0 aliphatic rings. The second-order valence-corrected chi connectivity index (χ2v) is 6.77. The molecule has 0 aliphatic carbocycles. The molecule has 1 aromatic heterocycles. The molecule has 0 aliphatic heterocycles. The van der Waals surface area contributed by atoms with E-state index in [4.69, 9.17) is 10.5 Å². The van der Waals surface area contributed by atoms with E-state index < -0.39 is 12.0 Å². The minimum Gasteiger partial charge on any atom is -0.466 e. The Morgan fingerprint density at radius 3 is 2.67 bits per heavy atom. The number of amides is 1. The first-order valence-electron chi connectivity index (χ1n) is 8.38. The standard InChI is InChI=1S/C18H22N4O4S/c1-3-26-17(25)8-13(12-6-4-11(2)5-7-12)20-16(24)10-27-18-21-14(19)9-15(23)22-18/h4-7,9,13H,3,8,10H2,1-2H3,(H,20,24)(H3,19,21,22,23)/t13-/m1/s1. The predicted molar refractivity (Wildman–Crippen MR) is 103 cm³/mol. The van der Waals surface area contributed by atoms with Crippen LogP contribution in [-0.2, 0) is 14.3 Å². The number of nitrogen functional groups attached to an aromatic ring is 1. The van der Waals surface area contributed by atoms with Crippen LogP contribution in [0.3, 0.4) is 0 Å². The number of hydrogen-bond donors (Lipinski definition) is 3. The average molecular weight is 390 g/mol. The molecule has 4 N–H and O–H groups in total. The quantitative estimate of drug-likeness (QED) is 0.355. The zero-order chi connectivity index (χ0) is 19.8. The normalized spacial score (nSPS) is 11.6. The Bertz CT molecular complexity index is 851. The fraction of sp³-hybridized carbons (Fsp3) is 0.333. The van der Waals surface area contributed by atoms with Crippen LogP contribution in [0.15, 0.2) is 40.3 Å². The van der Waals surface area contributed by atoms with Gasteiger partial charge in [-0.15, -0.1) is 0 Å². The van der Waals surface area contributed by atoms with Gasteiger partial charge in [-0.3, -0.25) is 14.4 Å². The summed E-state index contributed by atoms with van der Waals surface area (Å²) in [7, 11) is 0. The fourth-order valence-corrected chi connectivity index (χ4v) is 3.02. The SMILES string of the molecule is CCOC(=O)C[C@@H](NC(=O)CSc1nc(N)cc(=O)[nH]1)c1ccc(C)cc1. The van der Waals surface area contributed by atoms with Gasteiger partial charge in [-0.1, -0.05) is 41.6 Å². The number of H-pyrrole nitrogens is 1. The molecular formula is C18H22N4O4S. The van der Waals surface area contributed by atoms with Crippen molar-refractivity contribution in [2.75, 3.05) is 18.1 Å². The van der Waals surface area contributed by atoms with E-state index in [9.17, 15) is 14.4 Å². The summed E-state index contributed by atoms with van der Waals surface area (Å²) < 4.78 is 5.00. The zero-order valence-electron chi connectivity index (χ0n) is 15.2. The van der Waals surface area contributed by atoms with Gasteiger partial charge in [0.25, 0.3) is 5.56 Å². The number of nitrogens with two attached hydrogens (primary N) is 1. The molecule has 8 nitrogen and oxygen atoms in total. The highest BCUT2D eigenvalue weighted by Gasteiger charge is 2.19. The van der Waals surface area contributed by atoms with E-state index >= 15 is 0 Å². The molecule has 0 unspecified atom stereocenters. The van der Waals surface area contributed by atoms with E-state index in [0.717, 1.165) is 29.0 Å². The van der Waals surface area contributed by atoms with E-state index in [2.05, 4.69) is 15.3 Å². The van der Waals surface area contributed by atoms with Gasteiger partial charge in [-0.25, -0.2) is 4.98 Å². The minimum atomic E-state index is -0.509. The van der Waals surface area contributed by atoms with Gasteiger partial charge in [0.1, 0.15) is 5.82 Å². The zero-order valence-corrected chi connectivity index (χ0v) is 16.0. The monoisotopic (exact) mass is 390 g/mol. The van der Waals surface area contributed by atoms with Crippen LogP contribution < -0.4 is 16.6 Å². The summed E-state index contributed by atoms with van der Waals surface area (Å²) in [6, 6.07) is 8.21. The highest BCUT2D eigenvalue weighted by molar-refractivity contribution is 7.99. The number of anilines is 1. The number of aryl methyl sites for hydroxylation is 1. The van der Waals surface area contributed by atoms with Crippen molar-refractivity contribution >= 4 is 29.5 Å². The Kier molecular flexibility index (Phi) is 7.42.